The molecule has 5 aromatic carbocycles. The lowest BCUT2D eigenvalue weighted by molar-refractivity contribution is -0.155. The number of thioether (sulfide) groups is 1. The Hall–Kier alpha value is -6.93. The minimum absolute atomic E-state index is 0.0361. The summed E-state index contributed by atoms with van der Waals surface area (Å²) in [6.07, 6.45) is -2.30. The topological polar surface area (TPSA) is 169 Å². The van der Waals surface area contributed by atoms with Crippen LogP contribution < -0.4 is 16.0 Å². The molecule has 0 radical (unpaired) electrons. The van der Waals surface area contributed by atoms with Gasteiger partial charge in [0, 0.05) is 25.1 Å². The second-order valence-corrected chi connectivity index (χ2v) is 19.0. The summed E-state index contributed by atoms with van der Waals surface area (Å²) in [5.74, 6) is -3.26. The summed E-state index contributed by atoms with van der Waals surface area (Å²) in [6.45, 7) is 8.00. The number of benzene rings is 5. The Balaban J connectivity index is 1.33. The first kappa shape index (κ1) is 49.5. The van der Waals surface area contributed by atoms with Crippen LogP contribution in [0, 0.1) is 0 Å². The second-order valence-electron chi connectivity index (χ2n) is 17.7. The van der Waals surface area contributed by atoms with Crippen molar-refractivity contribution >= 4 is 47.6 Å². The van der Waals surface area contributed by atoms with Crippen molar-refractivity contribution in [3.05, 3.63) is 167 Å². The number of fused-ring (bicyclic) bond motifs is 3. The Kier molecular flexibility index (Phi) is 15.9. The predicted molar refractivity (Wildman–Crippen MR) is 258 cm³/mol. The Morgan fingerprint density at radius 3 is 1.60 bits per heavy atom. The van der Waals surface area contributed by atoms with E-state index in [1.807, 2.05) is 140 Å². The number of nitrogens with one attached hydrogen (secondary N) is 3. The van der Waals surface area contributed by atoms with Crippen molar-refractivity contribution in [1.29, 1.82) is 0 Å². The van der Waals surface area contributed by atoms with E-state index in [0.29, 0.717) is 0 Å². The molecule has 5 amide bonds. The molecule has 5 aromatic rings. The van der Waals surface area contributed by atoms with Crippen molar-refractivity contribution in [2.75, 3.05) is 26.5 Å². The summed E-state index contributed by atoms with van der Waals surface area (Å²) in [7, 11) is 2.37. The number of carbonyl (C=O) groups is 6. The molecule has 0 spiro atoms. The van der Waals surface area contributed by atoms with Gasteiger partial charge in [-0.2, -0.15) is 0 Å². The predicted octanol–water partition coefficient (Wildman–Crippen LogP) is 8.35. The van der Waals surface area contributed by atoms with Gasteiger partial charge >= 0.3 is 18.2 Å². The highest BCUT2D eigenvalue weighted by atomic mass is 32.2. The minimum atomic E-state index is -1.67. The van der Waals surface area contributed by atoms with E-state index in [4.69, 9.17) is 14.2 Å². The quantitative estimate of drug-likeness (QED) is 0.0468. The Bertz CT molecular complexity index is 2410. The van der Waals surface area contributed by atoms with Crippen LogP contribution in [0.25, 0.3) is 11.1 Å². The van der Waals surface area contributed by atoms with E-state index in [0.717, 1.165) is 51.0 Å². The number of likely N-dealkylation sites (N-methyl/N-ethyl adjacent to an activating group) is 1. The smallest absolute Gasteiger partial charge is 0.416 e. The lowest BCUT2D eigenvalue weighted by atomic mass is 9.84. The number of carbonyl (C=O) groups excluding carboxylic acids is 6. The molecule has 0 fully saturated rings. The molecule has 0 heterocycles. The van der Waals surface area contributed by atoms with Crippen LogP contribution >= 0.6 is 11.8 Å². The van der Waals surface area contributed by atoms with Gasteiger partial charge < -0.3 is 30.2 Å². The lowest BCUT2D eigenvalue weighted by Gasteiger charge is -2.37. The number of nitrogens with zero attached hydrogens (tertiary/aromatic N) is 1. The molecule has 14 heteroatoms. The van der Waals surface area contributed by atoms with E-state index in [1.165, 1.54) is 32.7 Å². The van der Waals surface area contributed by atoms with Crippen LogP contribution in [0.3, 0.4) is 0 Å². The molecular formula is C53H58N4O9S. The largest absolute Gasteiger partial charge is 0.460 e. The minimum Gasteiger partial charge on any atom is -0.460 e. The van der Waals surface area contributed by atoms with Gasteiger partial charge in [-0.15, -0.1) is 11.8 Å². The monoisotopic (exact) mass is 926 g/mol. The van der Waals surface area contributed by atoms with Gasteiger partial charge in [0.1, 0.15) is 29.8 Å². The maximum absolute atomic E-state index is 14.7. The summed E-state index contributed by atoms with van der Waals surface area (Å²) < 4.78 is 15.2. The van der Waals surface area contributed by atoms with E-state index < -0.39 is 63.8 Å². The number of imide groups is 1. The zero-order valence-corrected chi connectivity index (χ0v) is 39.7. The standard InChI is InChI=1S/C53H58N4O9S/c1-51(2,3)66-45(58)32-31-43(55-49(62)65-33-42-40-29-19-17-27-38(40)39-28-18-20-30-41(39)42)46(59)54-44(47(60)56-52(4,5)48(61)57(6)50(63)64-7)34-67-53(35-21-11-8-12-22-35,36-23-13-9-14-24-36)37-25-15-10-16-26-37/h8-30,42-44H,31-34H2,1-7H3,(H,54,59)(H,55,62)(H,56,60)/t43-,44-/m1/s1. The van der Waals surface area contributed by atoms with Crippen molar-refractivity contribution in [3.8, 4) is 11.1 Å². The molecule has 2 atom stereocenters. The molecule has 0 unspecified atom stereocenters. The van der Waals surface area contributed by atoms with Crippen LogP contribution in [0.15, 0.2) is 140 Å². The number of hydrogen-bond acceptors (Lipinski definition) is 10. The average Bonchev–Trinajstić information content (AvgIpc) is 3.64. The first-order valence-electron chi connectivity index (χ1n) is 22.1. The summed E-state index contributed by atoms with van der Waals surface area (Å²) in [5.41, 5.74) is 4.28. The van der Waals surface area contributed by atoms with Crippen molar-refractivity contribution in [2.45, 2.75) is 81.3 Å². The fraction of sp³-hybridized carbons (Fsp3) is 0.321. The van der Waals surface area contributed by atoms with Crippen molar-refractivity contribution in [1.82, 2.24) is 20.9 Å². The third kappa shape index (κ3) is 11.9. The van der Waals surface area contributed by atoms with E-state index in [-0.39, 0.29) is 31.1 Å². The third-order valence-corrected chi connectivity index (χ3v) is 13.0. The van der Waals surface area contributed by atoms with E-state index in [2.05, 4.69) is 16.0 Å². The molecule has 0 saturated carbocycles. The van der Waals surface area contributed by atoms with Gasteiger partial charge in [-0.05, 0) is 80.0 Å². The highest BCUT2D eigenvalue weighted by molar-refractivity contribution is 8.00. The zero-order chi connectivity index (χ0) is 48.4. The summed E-state index contributed by atoms with van der Waals surface area (Å²) in [4.78, 5) is 83.0. The van der Waals surface area contributed by atoms with Gasteiger partial charge in [0.2, 0.25) is 11.8 Å². The number of amides is 5. The fourth-order valence-electron chi connectivity index (χ4n) is 8.23. The SMILES string of the molecule is COC(=O)N(C)C(=O)C(C)(C)NC(=O)[C@@H](CSC(c1ccccc1)(c1ccccc1)c1ccccc1)NC(=O)[C@@H](CCC(=O)OC(C)(C)C)NC(=O)OCC1c2ccccc2-c2ccccc21. The van der Waals surface area contributed by atoms with Gasteiger partial charge in [0.05, 0.1) is 11.9 Å². The molecule has 13 nitrogen and oxygen atoms in total. The molecule has 1 aliphatic carbocycles. The number of ether oxygens (including phenoxy) is 3. The van der Waals surface area contributed by atoms with Crippen LogP contribution in [0.2, 0.25) is 0 Å². The maximum Gasteiger partial charge on any atom is 0.416 e. The van der Waals surface area contributed by atoms with Crippen LogP contribution in [0.5, 0.6) is 0 Å². The molecule has 350 valence electrons. The molecule has 0 aromatic heterocycles. The van der Waals surface area contributed by atoms with Crippen molar-refractivity contribution < 1.29 is 43.0 Å². The summed E-state index contributed by atoms with van der Waals surface area (Å²) in [6, 6.07) is 42.3. The molecule has 67 heavy (non-hydrogen) atoms. The lowest BCUT2D eigenvalue weighted by Crippen LogP contribution is -2.61. The van der Waals surface area contributed by atoms with Gasteiger partial charge in [-0.3, -0.25) is 19.2 Å². The molecule has 0 saturated heterocycles. The number of rotatable bonds is 17. The fourth-order valence-corrected chi connectivity index (χ4v) is 9.79. The zero-order valence-electron chi connectivity index (χ0n) is 38.9. The maximum atomic E-state index is 14.7. The first-order valence-corrected chi connectivity index (χ1v) is 23.1. The normalized spacial score (nSPS) is 13.2. The Labute approximate surface area is 396 Å². The first-order chi connectivity index (χ1) is 31.9. The van der Waals surface area contributed by atoms with Crippen LogP contribution in [0.1, 0.15) is 81.2 Å². The second kappa shape index (κ2) is 21.6. The van der Waals surface area contributed by atoms with E-state index >= 15 is 0 Å². The Morgan fingerprint density at radius 2 is 1.12 bits per heavy atom. The third-order valence-electron chi connectivity index (χ3n) is 11.4. The summed E-state index contributed by atoms with van der Waals surface area (Å²) >= 11 is 1.39. The van der Waals surface area contributed by atoms with E-state index in [1.54, 1.807) is 20.8 Å². The van der Waals surface area contributed by atoms with Crippen molar-refractivity contribution in [2.24, 2.45) is 0 Å². The number of hydrogen-bond donors (Lipinski definition) is 3. The van der Waals surface area contributed by atoms with Crippen LogP contribution in [0.4, 0.5) is 9.59 Å². The average molecular weight is 927 g/mol. The van der Waals surface area contributed by atoms with E-state index in [9.17, 15) is 28.8 Å². The molecule has 0 bridgehead atoms. The van der Waals surface area contributed by atoms with Gasteiger partial charge in [-0.25, -0.2) is 14.5 Å². The number of methoxy groups -OCH3 is 1. The van der Waals surface area contributed by atoms with Gasteiger partial charge in [-0.1, -0.05) is 140 Å². The summed E-state index contributed by atoms with van der Waals surface area (Å²) in [5, 5.41) is 8.28. The molecular weight excluding hydrogens is 869 g/mol. The van der Waals surface area contributed by atoms with Gasteiger partial charge in [0.25, 0.3) is 5.91 Å². The van der Waals surface area contributed by atoms with Gasteiger partial charge in [0.15, 0.2) is 0 Å². The highest BCUT2D eigenvalue weighted by Gasteiger charge is 2.42. The highest BCUT2D eigenvalue weighted by Crippen LogP contribution is 2.49. The van der Waals surface area contributed by atoms with Crippen LogP contribution in [-0.2, 0) is 38.1 Å². The molecule has 3 N–H and O–H groups in total. The van der Waals surface area contributed by atoms with Crippen molar-refractivity contribution in [3.63, 3.8) is 0 Å². The molecule has 0 aliphatic heterocycles. The Morgan fingerprint density at radius 1 is 0.642 bits per heavy atom. The molecule has 6 rings (SSSR count). The number of alkyl carbamates (subject to hydrolysis) is 1. The molecule has 1 aliphatic rings. The van der Waals surface area contributed by atoms with Crippen LogP contribution in [-0.4, -0.2) is 90.5 Å². The number of esters is 1.